The van der Waals surface area contributed by atoms with Gasteiger partial charge in [-0.1, -0.05) is 20.8 Å². The predicted molar refractivity (Wildman–Crippen MR) is 106 cm³/mol. The quantitative estimate of drug-likeness (QED) is 0.810. The highest BCUT2D eigenvalue weighted by atomic mass is 15.1. The normalized spacial score (nSPS) is 15.4. The van der Waals surface area contributed by atoms with Crippen molar-refractivity contribution in [3.8, 4) is 0 Å². The molecule has 2 heterocycles. The molecule has 0 spiro atoms. The lowest BCUT2D eigenvalue weighted by Gasteiger charge is -2.32. The Bertz CT molecular complexity index is 660. The summed E-state index contributed by atoms with van der Waals surface area (Å²) >= 11 is 0. The first kappa shape index (κ1) is 17.5. The first-order valence-electron chi connectivity index (χ1n) is 9.28. The van der Waals surface area contributed by atoms with Crippen molar-refractivity contribution in [3.63, 3.8) is 0 Å². The topological polar surface area (TPSA) is 53.1 Å². The van der Waals surface area contributed by atoms with Gasteiger partial charge in [0, 0.05) is 37.1 Å². The summed E-state index contributed by atoms with van der Waals surface area (Å²) in [4.78, 5) is 11.0. The van der Waals surface area contributed by atoms with Crippen molar-refractivity contribution < 1.29 is 0 Å². The second-order valence-electron chi connectivity index (χ2n) is 7.40. The van der Waals surface area contributed by atoms with Gasteiger partial charge in [0.1, 0.15) is 18.0 Å². The summed E-state index contributed by atoms with van der Waals surface area (Å²) in [5.74, 6) is 3.09. The fourth-order valence-electron chi connectivity index (χ4n) is 3.00. The Labute approximate surface area is 150 Å². The van der Waals surface area contributed by atoms with Crippen LogP contribution in [-0.2, 0) is 0 Å². The minimum atomic E-state index is 0.580. The van der Waals surface area contributed by atoms with Crippen molar-refractivity contribution in [2.45, 2.75) is 33.6 Å². The van der Waals surface area contributed by atoms with Crippen LogP contribution < -0.4 is 15.5 Å². The predicted octanol–water partition coefficient (Wildman–Crippen LogP) is 4.52. The van der Waals surface area contributed by atoms with Crippen LogP contribution in [0.3, 0.4) is 0 Å². The molecule has 0 radical (unpaired) electrons. The molecule has 0 bridgehead atoms. The Morgan fingerprint density at radius 1 is 1.08 bits per heavy atom. The lowest BCUT2D eigenvalue weighted by molar-refractivity contribution is 0.438. The third kappa shape index (κ3) is 5.08. The zero-order valence-corrected chi connectivity index (χ0v) is 15.5. The van der Waals surface area contributed by atoms with E-state index in [0.717, 1.165) is 42.9 Å². The molecule has 0 saturated carbocycles. The van der Waals surface area contributed by atoms with Crippen molar-refractivity contribution in [1.82, 2.24) is 9.97 Å². The summed E-state index contributed by atoms with van der Waals surface area (Å²) in [7, 11) is 0. The Morgan fingerprint density at radius 3 is 2.44 bits per heavy atom. The molecule has 0 unspecified atom stereocenters. The van der Waals surface area contributed by atoms with E-state index in [2.05, 4.69) is 70.5 Å². The molecule has 25 heavy (non-hydrogen) atoms. The minimum absolute atomic E-state index is 0.580. The minimum Gasteiger partial charge on any atom is -0.372 e. The summed E-state index contributed by atoms with van der Waals surface area (Å²) < 4.78 is 0. The Balaban J connectivity index is 1.60. The molecule has 0 atom stereocenters. The van der Waals surface area contributed by atoms with Gasteiger partial charge < -0.3 is 15.5 Å². The highest BCUT2D eigenvalue weighted by Crippen LogP contribution is 2.25. The lowest BCUT2D eigenvalue weighted by Crippen LogP contribution is -2.32. The second-order valence-corrected chi connectivity index (χ2v) is 7.40. The number of aromatic nitrogens is 2. The van der Waals surface area contributed by atoms with Crippen LogP contribution in [0.15, 0.2) is 36.7 Å². The van der Waals surface area contributed by atoms with Gasteiger partial charge in [-0.05, 0) is 48.9 Å². The molecule has 1 fully saturated rings. The van der Waals surface area contributed by atoms with Gasteiger partial charge in [0.25, 0.3) is 0 Å². The summed E-state index contributed by atoms with van der Waals surface area (Å²) in [6.07, 6.45) is 4.16. The number of hydrogen-bond donors (Lipinski definition) is 2. The highest BCUT2D eigenvalue weighted by Gasteiger charge is 2.15. The maximum Gasteiger partial charge on any atom is 0.135 e. The van der Waals surface area contributed by atoms with Crippen LogP contribution in [0.1, 0.15) is 33.6 Å². The van der Waals surface area contributed by atoms with E-state index in [1.165, 1.54) is 18.5 Å². The zero-order valence-electron chi connectivity index (χ0n) is 15.5. The third-order valence-electron chi connectivity index (χ3n) is 4.65. The number of nitrogens with zero attached hydrogens (tertiary/aromatic N) is 3. The third-order valence-corrected chi connectivity index (χ3v) is 4.65. The van der Waals surface area contributed by atoms with E-state index < -0.39 is 0 Å². The van der Waals surface area contributed by atoms with Crippen LogP contribution >= 0.6 is 0 Å². The molecular formula is C20H29N5. The van der Waals surface area contributed by atoms with Crippen LogP contribution in [0, 0.1) is 11.8 Å². The molecule has 1 aromatic carbocycles. The van der Waals surface area contributed by atoms with Crippen molar-refractivity contribution in [3.05, 3.63) is 36.7 Å². The average Bonchev–Trinajstić information content (AvgIpc) is 2.62. The highest BCUT2D eigenvalue weighted by molar-refractivity contribution is 5.62. The van der Waals surface area contributed by atoms with E-state index in [0.29, 0.717) is 5.92 Å². The number of nitrogens with one attached hydrogen (secondary N) is 2. The number of piperidine rings is 1. The van der Waals surface area contributed by atoms with E-state index in [9.17, 15) is 0 Å². The summed E-state index contributed by atoms with van der Waals surface area (Å²) in [5, 5.41) is 6.69. The molecule has 1 aliphatic heterocycles. The maximum atomic E-state index is 4.31. The van der Waals surface area contributed by atoms with Gasteiger partial charge in [0.2, 0.25) is 0 Å². The Kier molecular flexibility index (Phi) is 5.74. The smallest absolute Gasteiger partial charge is 0.135 e. The molecule has 5 heteroatoms. The van der Waals surface area contributed by atoms with Gasteiger partial charge in [-0.25, -0.2) is 9.97 Å². The van der Waals surface area contributed by atoms with E-state index in [4.69, 9.17) is 0 Å². The molecule has 2 aromatic rings. The lowest BCUT2D eigenvalue weighted by atomic mass is 9.99. The van der Waals surface area contributed by atoms with Crippen molar-refractivity contribution in [2.24, 2.45) is 11.8 Å². The monoisotopic (exact) mass is 339 g/mol. The molecule has 1 aromatic heterocycles. The van der Waals surface area contributed by atoms with Crippen LogP contribution in [0.4, 0.5) is 23.0 Å². The molecule has 134 valence electrons. The zero-order chi connectivity index (χ0) is 17.6. The molecule has 3 rings (SSSR count). The number of benzene rings is 1. The van der Waals surface area contributed by atoms with Gasteiger partial charge in [-0.15, -0.1) is 0 Å². The largest absolute Gasteiger partial charge is 0.372 e. The van der Waals surface area contributed by atoms with Gasteiger partial charge in [0.05, 0.1) is 0 Å². The van der Waals surface area contributed by atoms with Crippen LogP contribution in [0.25, 0.3) is 0 Å². The summed E-state index contributed by atoms with van der Waals surface area (Å²) in [6.45, 7) is 9.92. The second kappa shape index (κ2) is 8.19. The summed E-state index contributed by atoms with van der Waals surface area (Å²) in [5.41, 5.74) is 2.35. The van der Waals surface area contributed by atoms with Gasteiger partial charge in [-0.3, -0.25) is 0 Å². The van der Waals surface area contributed by atoms with Gasteiger partial charge in [0.15, 0.2) is 0 Å². The molecule has 0 amide bonds. The van der Waals surface area contributed by atoms with Crippen LogP contribution in [0.2, 0.25) is 0 Å². The van der Waals surface area contributed by atoms with Crippen molar-refractivity contribution in [1.29, 1.82) is 0 Å². The van der Waals surface area contributed by atoms with E-state index in [1.807, 2.05) is 6.07 Å². The molecule has 1 saturated heterocycles. The van der Waals surface area contributed by atoms with Crippen molar-refractivity contribution in [2.75, 3.05) is 35.2 Å². The Morgan fingerprint density at radius 2 is 1.76 bits per heavy atom. The SMILES string of the molecule is CC(C)CNc1cc(Nc2ccc(N3CCC(C)CC3)cc2)ncn1. The van der Waals surface area contributed by atoms with Gasteiger partial charge in [-0.2, -0.15) is 0 Å². The molecule has 1 aliphatic rings. The average molecular weight is 339 g/mol. The maximum absolute atomic E-state index is 4.31. The number of hydrogen-bond acceptors (Lipinski definition) is 5. The number of anilines is 4. The standard InChI is InChI=1S/C20H29N5/c1-15(2)13-21-19-12-20(23-14-22-19)24-17-4-6-18(7-5-17)25-10-8-16(3)9-11-25/h4-7,12,14-16H,8-11,13H2,1-3H3,(H2,21,22,23,24). The van der Waals surface area contributed by atoms with Crippen molar-refractivity contribution >= 4 is 23.0 Å². The van der Waals surface area contributed by atoms with Crippen LogP contribution in [0.5, 0.6) is 0 Å². The molecule has 0 aliphatic carbocycles. The first-order chi connectivity index (χ1) is 12.1. The van der Waals surface area contributed by atoms with E-state index in [-0.39, 0.29) is 0 Å². The summed E-state index contributed by atoms with van der Waals surface area (Å²) in [6, 6.07) is 10.6. The van der Waals surface area contributed by atoms with E-state index >= 15 is 0 Å². The van der Waals surface area contributed by atoms with Gasteiger partial charge >= 0.3 is 0 Å². The fourth-order valence-corrected chi connectivity index (χ4v) is 3.00. The molecule has 5 nitrogen and oxygen atoms in total. The fraction of sp³-hybridized carbons (Fsp3) is 0.500. The Hall–Kier alpha value is -2.30. The number of rotatable bonds is 6. The first-order valence-corrected chi connectivity index (χ1v) is 9.28. The van der Waals surface area contributed by atoms with Crippen LogP contribution in [-0.4, -0.2) is 29.6 Å². The molecule has 2 N–H and O–H groups in total. The molecular weight excluding hydrogens is 310 g/mol. The van der Waals surface area contributed by atoms with E-state index in [1.54, 1.807) is 6.33 Å².